The summed E-state index contributed by atoms with van der Waals surface area (Å²) in [5.41, 5.74) is -0.120. The minimum atomic E-state index is -1.08. The van der Waals surface area contributed by atoms with E-state index in [-0.39, 0.29) is 12.2 Å². The summed E-state index contributed by atoms with van der Waals surface area (Å²) in [6.07, 6.45) is 2.07. The van der Waals surface area contributed by atoms with Crippen molar-refractivity contribution in [3.05, 3.63) is 35.4 Å². The second-order valence-electron chi connectivity index (χ2n) is 2.91. The summed E-state index contributed by atoms with van der Waals surface area (Å²) in [5.74, 6) is -3.27. The second kappa shape index (κ2) is 5.25. The number of ether oxygens (including phenoxy) is 1. The number of esters is 1. The molecule has 0 aliphatic heterocycles. The summed E-state index contributed by atoms with van der Waals surface area (Å²) in [6, 6.07) is 1.46. The smallest absolute Gasteiger partial charge is 0.330 e. The van der Waals surface area contributed by atoms with Crippen LogP contribution in [-0.2, 0) is 9.53 Å². The zero-order valence-electron chi connectivity index (χ0n) is 8.54. The molecule has 0 aromatic heterocycles. The van der Waals surface area contributed by atoms with Gasteiger partial charge in [0.25, 0.3) is 0 Å². The summed E-state index contributed by atoms with van der Waals surface area (Å²) in [6.45, 7) is 1.83. The van der Waals surface area contributed by atoms with E-state index in [0.717, 1.165) is 18.2 Å². The van der Waals surface area contributed by atoms with Gasteiger partial charge in [-0.1, -0.05) is 0 Å². The van der Waals surface area contributed by atoms with Gasteiger partial charge in [-0.05, 0) is 19.1 Å². The third-order valence-electron chi connectivity index (χ3n) is 1.74. The molecule has 86 valence electrons. The van der Waals surface area contributed by atoms with E-state index in [0.29, 0.717) is 6.07 Å². The molecule has 0 radical (unpaired) electrons. The third-order valence-corrected chi connectivity index (χ3v) is 1.74. The molecule has 3 nitrogen and oxygen atoms in total. The van der Waals surface area contributed by atoms with E-state index in [1.165, 1.54) is 0 Å². The van der Waals surface area contributed by atoms with Crippen molar-refractivity contribution in [2.45, 2.75) is 6.92 Å². The lowest BCUT2D eigenvalue weighted by atomic mass is 10.1. The summed E-state index contributed by atoms with van der Waals surface area (Å²) >= 11 is 0. The number of hydrogen-bond donors (Lipinski definition) is 1. The lowest BCUT2D eigenvalue weighted by molar-refractivity contribution is -0.137. The minimum Gasteiger partial charge on any atom is -0.504 e. The van der Waals surface area contributed by atoms with E-state index < -0.39 is 23.4 Å². The van der Waals surface area contributed by atoms with Gasteiger partial charge in [-0.3, -0.25) is 0 Å². The van der Waals surface area contributed by atoms with Crippen LogP contribution < -0.4 is 0 Å². The topological polar surface area (TPSA) is 46.5 Å². The van der Waals surface area contributed by atoms with Crippen LogP contribution in [0.1, 0.15) is 12.5 Å². The maximum absolute atomic E-state index is 12.9. The highest BCUT2D eigenvalue weighted by atomic mass is 19.1. The first-order valence-corrected chi connectivity index (χ1v) is 4.57. The Labute approximate surface area is 91.0 Å². The standard InChI is InChI=1S/C11H10F2O3/c1-2-16-10(14)4-3-7-5-8(12)6-9(13)11(7)15/h3-6,15H,2H2,1H3. The molecule has 0 fully saturated rings. The summed E-state index contributed by atoms with van der Waals surface area (Å²) < 4.78 is 30.2. The molecule has 5 heteroatoms. The van der Waals surface area contributed by atoms with Crippen molar-refractivity contribution in [2.24, 2.45) is 0 Å². The summed E-state index contributed by atoms with van der Waals surface area (Å²) in [7, 11) is 0. The zero-order chi connectivity index (χ0) is 12.1. The van der Waals surface area contributed by atoms with E-state index in [1.54, 1.807) is 6.92 Å². The number of carbonyl (C=O) groups is 1. The molecule has 0 aliphatic rings. The molecule has 1 rings (SSSR count). The molecule has 0 heterocycles. The Morgan fingerprint density at radius 3 is 2.81 bits per heavy atom. The molecular weight excluding hydrogens is 218 g/mol. The van der Waals surface area contributed by atoms with Crippen molar-refractivity contribution in [3.8, 4) is 5.75 Å². The predicted octanol–water partition coefficient (Wildman–Crippen LogP) is 2.25. The average molecular weight is 228 g/mol. The second-order valence-corrected chi connectivity index (χ2v) is 2.91. The Kier molecular flexibility index (Phi) is 3.99. The van der Waals surface area contributed by atoms with Crippen LogP contribution in [0.2, 0.25) is 0 Å². The predicted molar refractivity (Wildman–Crippen MR) is 53.7 cm³/mol. The number of benzene rings is 1. The molecule has 0 bridgehead atoms. The van der Waals surface area contributed by atoms with Crippen molar-refractivity contribution >= 4 is 12.0 Å². The van der Waals surface area contributed by atoms with Crippen LogP contribution in [0.15, 0.2) is 18.2 Å². The van der Waals surface area contributed by atoms with Gasteiger partial charge >= 0.3 is 5.97 Å². The SMILES string of the molecule is CCOC(=O)C=Cc1cc(F)cc(F)c1O. The molecule has 0 spiro atoms. The van der Waals surface area contributed by atoms with Crippen LogP contribution in [0.4, 0.5) is 8.78 Å². The van der Waals surface area contributed by atoms with Gasteiger partial charge in [0.2, 0.25) is 0 Å². The first-order valence-electron chi connectivity index (χ1n) is 4.57. The number of rotatable bonds is 3. The molecule has 1 N–H and O–H groups in total. The Morgan fingerprint density at radius 1 is 1.50 bits per heavy atom. The van der Waals surface area contributed by atoms with Gasteiger partial charge in [0.15, 0.2) is 11.6 Å². The maximum Gasteiger partial charge on any atom is 0.330 e. The van der Waals surface area contributed by atoms with Gasteiger partial charge in [0.05, 0.1) is 6.61 Å². The van der Waals surface area contributed by atoms with Crippen molar-refractivity contribution in [1.29, 1.82) is 0 Å². The van der Waals surface area contributed by atoms with Gasteiger partial charge < -0.3 is 9.84 Å². The number of phenols is 1. The third kappa shape index (κ3) is 3.05. The molecule has 0 unspecified atom stereocenters. The largest absolute Gasteiger partial charge is 0.504 e. The quantitative estimate of drug-likeness (QED) is 0.637. The van der Waals surface area contributed by atoms with Gasteiger partial charge in [0.1, 0.15) is 5.82 Å². The fourth-order valence-electron chi connectivity index (χ4n) is 1.06. The van der Waals surface area contributed by atoms with Crippen LogP contribution in [-0.4, -0.2) is 17.7 Å². The fraction of sp³-hybridized carbons (Fsp3) is 0.182. The minimum absolute atomic E-state index is 0.120. The van der Waals surface area contributed by atoms with Crippen LogP contribution in [0.5, 0.6) is 5.75 Å². The van der Waals surface area contributed by atoms with Crippen LogP contribution >= 0.6 is 0 Å². The number of halogens is 2. The number of phenolic OH excluding ortho intramolecular Hbond substituents is 1. The summed E-state index contributed by atoms with van der Waals surface area (Å²) in [4.78, 5) is 10.9. The Bertz CT molecular complexity index is 427. The normalized spacial score (nSPS) is 10.7. The molecule has 0 saturated carbocycles. The van der Waals surface area contributed by atoms with Crippen molar-refractivity contribution < 1.29 is 23.4 Å². The van der Waals surface area contributed by atoms with E-state index in [4.69, 9.17) is 0 Å². The van der Waals surface area contributed by atoms with Gasteiger partial charge in [-0.15, -0.1) is 0 Å². The van der Waals surface area contributed by atoms with Gasteiger partial charge in [-0.2, -0.15) is 0 Å². The van der Waals surface area contributed by atoms with E-state index in [2.05, 4.69) is 4.74 Å². The zero-order valence-corrected chi connectivity index (χ0v) is 8.54. The van der Waals surface area contributed by atoms with Gasteiger partial charge in [0, 0.05) is 17.7 Å². The van der Waals surface area contributed by atoms with Crippen molar-refractivity contribution in [2.75, 3.05) is 6.61 Å². The molecule has 16 heavy (non-hydrogen) atoms. The summed E-state index contributed by atoms with van der Waals surface area (Å²) in [5, 5.41) is 9.22. The molecular formula is C11H10F2O3. The Morgan fingerprint density at radius 2 is 2.19 bits per heavy atom. The van der Waals surface area contributed by atoms with Crippen molar-refractivity contribution in [3.63, 3.8) is 0 Å². The Balaban J connectivity index is 2.93. The van der Waals surface area contributed by atoms with E-state index >= 15 is 0 Å². The highest BCUT2D eigenvalue weighted by molar-refractivity contribution is 5.87. The van der Waals surface area contributed by atoms with Crippen molar-refractivity contribution in [1.82, 2.24) is 0 Å². The molecule has 1 aromatic carbocycles. The highest BCUT2D eigenvalue weighted by Gasteiger charge is 2.08. The highest BCUT2D eigenvalue weighted by Crippen LogP contribution is 2.23. The maximum atomic E-state index is 12.9. The van der Waals surface area contributed by atoms with Crippen LogP contribution in [0, 0.1) is 11.6 Å². The molecule has 0 aliphatic carbocycles. The fourth-order valence-corrected chi connectivity index (χ4v) is 1.06. The van der Waals surface area contributed by atoms with E-state index in [1.807, 2.05) is 0 Å². The Hall–Kier alpha value is -1.91. The first kappa shape index (κ1) is 12.2. The number of hydrogen-bond acceptors (Lipinski definition) is 3. The lowest BCUT2D eigenvalue weighted by Crippen LogP contribution is -1.98. The van der Waals surface area contributed by atoms with Crippen LogP contribution in [0.25, 0.3) is 6.08 Å². The molecule has 0 atom stereocenters. The molecule has 0 saturated heterocycles. The van der Waals surface area contributed by atoms with E-state index in [9.17, 15) is 18.7 Å². The number of carbonyl (C=O) groups excluding carboxylic acids is 1. The number of aromatic hydroxyl groups is 1. The van der Waals surface area contributed by atoms with Gasteiger partial charge in [-0.25, -0.2) is 13.6 Å². The molecule has 0 amide bonds. The monoisotopic (exact) mass is 228 g/mol. The average Bonchev–Trinajstić information content (AvgIpc) is 2.21. The lowest BCUT2D eigenvalue weighted by Gasteiger charge is -2.01. The molecule has 1 aromatic rings. The van der Waals surface area contributed by atoms with Crippen LogP contribution in [0.3, 0.4) is 0 Å². The first-order chi connectivity index (χ1) is 7.54.